The highest BCUT2D eigenvalue weighted by Gasteiger charge is 2.34. The molecule has 2 rings (SSSR count). The van der Waals surface area contributed by atoms with Crippen molar-refractivity contribution in [3.63, 3.8) is 0 Å². The third kappa shape index (κ3) is 3.95. The molecular weight excluding hydrogens is 320 g/mol. The van der Waals surface area contributed by atoms with Crippen LogP contribution in [0.2, 0.25) is 5.02 Å². The molecule has 1 atom stereocenters. The number of carbonyl (C=O) groups excluding carboxylic acids is 2. The van der Waals surface area contributed by atoms with E-state index < -0.39 is 6.04 Å². The second-order valence-electron chi connectivity index (χ2n) is 5.26. The molecule has 0 N–H and O–H groups in total. The van der Waals surface area contributed by atoms with Crippen LogP contribution in [-0.2, 0) is 14.3 Å². The number of esters is 1. The van der Waals surface area contributed by atoms with Crippen molar-refractivity contribution in [3.8, 4) is 5.75 Å². The first kappa shape index (κ1) is 17.6. The van der Waals surface area contributed by atoms with Crippen LogP contribution in [0.15, 0.2) is 18.2 Å². The van der Waals surface area contributed by atoms with Crippen LogP contribution < -0.4 is 9.64 Å². The van der Waals surface area contributed by atoms with Crippen molar-refractivity contribution in [2.24, 2.45) is 0 Å². The average Bonchev–Trinajstić information content (AvgIpc) is 2.52. The Balaban J connectivity index is 2.15. The summed E-state index contributed by atoms with van der Waals surface area (Å²) >= 11 is 6.04. The minimum absolute atomic E-state index is 0.0962. The number of benzene rings is 1. The molecule has 1 heterocycles. The molecular formula is C16H21ClN2O4. The van der Waals surface area contributed by atoms with Crippen LogP contribution in [0.4, 0.5) is 5.69 Å². The normalized spacial score (nSPS) is 18.9. The van der Waals surface area contributed by atoms with Gasteiger partial charge >= 0.3 is 5.97 Å². The van der Waals surface area contributed by atoms with E-state index in [0.29, 0.717) is 36.2 Å². The number of anilines is 1. The Kier molecular flexibility index (Phi) is 5.85. The van der Waals surface area contributed by atoms with Gasteiger partial charge in [-0.3, -0.25) is 14.5 Å². The molecule has 126 valence electrons. The number of halogens is 1. The number of ether oxygens (including phenoxy) is 2. The van der Waals surface area contributed by atoms with Gasteiger partial charge in [-0.15, -0.1) is 0 Å². The lowest BCUT2D eigenvalue weighted by molar-refractivity contribution is -0.145. The van der Waals surface area contributed by atoms with Crippen LogP contribution in [0.1, 0.15) is 13.8 Å². The van der Waals surface area contributed by atoms with E-state index in [-0.39, 0.29) is 18.4 Å². The first-order chi connectivity index (χ1) is 11.0. The van der Waals surface area contributed by atoms with Crippen molar-refractivity contribution in [3.05, 3.63) is 23.2 Å². The Morgan fingerprint density at radius 2 is 2.13 bits per heavy atom. The highest BCUT2D eigenvalue weighted by Crippen LogP contribution is 2.33. The predicted octanol–water partition coefficient (Wildman–Crippen LogP) is 1.95. The minimum Gasteiger partial charge on any atom is -0.495 e. The van der Waals surface area contributed by atoms with Gasteiger partial charge in [-0.05, 0) is 32.0 Å². The lowest BCUT2D eigenvalue weighted by atomic mass is 10.1. The largest absolute Gasteiger partial charge is 0.495 e. The lowest BCUT2D eigenvalue weighted by Crippen LogP contribution is -2.57. The van der Waals surface area contributed by atoms with Crippen LogP contribution in [0, 0.1) is 0 Å². The molecule has 1 amide bonds. The van der Waals surface area contributed by atoms with Gasteiger partial charge in [0, 0.05) is 18.1 Å². The van der Waals surface area contributed by atoms with Crippen molar-refractivity contribution in [2.45, 2.75) is 19.9 Å². The molecule has 1 saturated heterocycles. The fraction of sp³-hybridized carbons (Fsp3) is 0.500. The molecule has 0 unspecified atom stereocenters. The second-order valence-corrected chi connectivity index (χ2v) is 5.69. The summed E-state index contributed by atoms with van der Waals surface area (Å²) in [5.41, 5.74) is 0.646. The molecule has 23 heavy (non-hydrogen) atoms. The Morgan fingerprint density at radius 3 is 2.78 bits per heavy atom. The van der Waals surface area contributed by atoms with Crippen molar-refractivity contribution in [1.82, 2.24) is 4.90 Å². The van der Waals surface area contributed by atoms with Crippen LogP contribution in [0.25, 0.3) is 0 Å². The molecule has 0 spiro atoms. The number of methoxy groups -OCH3 is 1. The summed E-state index contributed by atoms with van der Waals surface area (Å²) in [4.78, 5) is 27.8. The van der Waals surface area contributed by atoms with E-state index in [4.69, 9.17) is 21.1 Å². The average molecular weight is 341 g/mol. The third-order valence-corrected chi connectivity index (χ3v) is 4.09. The molecule has 1 aliphatic rings. The maximum absolute atomic E-state index is 12.7. The smallest absolute Gasteiger partial charge is 0.320 e. The van der Waals surface area contributed by atoms with E-state index in [1.54, 1.807) is 44.1 Å². The quantitative estimate of drug-likeness (QED) is 0.767. The summed E-state index contributed by atoms with van der Waals surface area (Å²) in [7, 11) is 1.55. The maximum atomic E-state index is 12.7. The molecule has 1 fully saturated rings. The molecule has 0 aromatic heterocycles. The van der Waals surface area contributed by atoms with E-state index in [0.717, 1.165) is 0 Å². The summed E-state index contributed by atoms with van der Waals surface area (Å²) < 4.78 is 10.3. The number of carbonyl (C=O) groups is 2. The summed E-state index contributed by atoms with van der Waals surface area (Å²) in [6.07, 6.45) is 0. The molecule has 7 heteroatoms. The minimum atomic E-state index is -0.420. The van der Waals surface area contributed by atoms with Gasteiger partial charge < -0.3 is 14.4 Å². The fourth-order valence-corrected chi connectivity index (χ4v) is 2.78. The summed E-state index contributed by atoms with van der Waals surface area (Å²) in [5, 5.41) is 0.537. The Bertz CT molecular complexity index is 593. The topological polar surface area (TPSA) is 59.1 Å². The molecule has 0 radical (unpaired) electrons. The fourth-order valence-electron chi connectivity index (χ4n) is 2.62. The van der Waals surface area contributed by atoms with Gasteiger partial charge in [0.05, 0.1) is 32.0 Å². The predicted molar refractivity (Wildman–Crippen MR) is 88.0 cm³/mol. The van der Waals surface area contributed by atoms with Crippen LogP contribution in [0.5, 0.6) is 5.75 Å². The van der Waals surface area contributed by atoms with Gasteiger partial charge in [0.25, 0.3) is 0 Å². The molecule has 6 nitrogen and oxygen atoms in total. The van der Waals surface area contributed by atoms with Gasteiger partial charge in [-0.25, -0.2) is 0 Å². The first-order valence-electron chi connectivity index (χ1n) is 7.52. The van der Waals surface area contributed by atoms with Gasteiger partial charge in [0.2, 0.25) is 5.91 Å². The first-order valence-corrected chi connectivity index (χ1v) is 7.90. The van der Waals surface area contributed by atoms with Crippen LogP contribution in [0.3, 0.4) is 0 Å². The van der Waals surface area contributed by atoms with E-state index >= 15 is 0 Å². The zero-order valence-corrected chi connectivity index (χ0v) is 14.3. The second kappa shape index (κ2) is 7.66. The summed E-state index contributed by atoms with van der Waals surface area (Å²) in [5.74, 6) is 0.177. The number of nitrogens with zero attached hydrogens (tertiary/aromatic N) is 2. The SMILES string of the molecule is CCOC(=O)CN1CCN(c2cc(Cl)ccc2OC)C(=O)[C@@H]1C. The molecule has 1 aromatic rings. The highest BCUT2D eigenvalue weighted by molar-refractivity contribution is 6.31. The number of amides is 1. The van der Waals surface area contributed by atoms with Crippen molar-refractivity contribution < 1.29 is 19.1 Å². The van der Waals surface area contributed by atoms with Crippen molar-refractivity contribution in [1.29, 1.82) is 0 Å². The van der Waals surface area contributed by atoms with Crippen LogP contribution in [-0.4, -0.2) is 56.2 Å². The van der Waals surface area contributed by atoms with Crippen molar-refractivity contribution >= 4 is 29.2 Å². The molecule has 1 aromatic carbocycles. The van der Waals surface area contributed by atoms with E-state index in [9.17, 15) is 9.59 Å². The van der Waals surface area contributed by atoms with E-state index in [1.807, 2.05) is 4.90 Å². The summed E-state index contributed by atoms with van der Waals surface area (Å²) in [6.45, 7) is 5.02. The zero-order chi connectivity index (χ0) is 17.0. The van der Waals surface area contributed by atoms with Gasteiger partial charge in [0.1, 0.15) is 5.75 Å². The van der Waals surface area contributed by atoms with E-state index in [2.05, 4.69) is 0 Å². The maximum Gasteiger partial charge on any atom is 0.320 e. The van der Waals surface area contributed by atoms with Crippen LogP contribution >= 0.6 is 11.6 Å². The summed E-state index contributed by atoms with van der Waals surface area (Å²) in [6, 6.07) is 4.75. The monoisotopic (exact) mass is 340 g/mol. The molecule has 1 aliphatic heterocycles. The van der Waals surface area contributed by atoms with Crippen molar-refractivity contribution in [2.75, 3.05) is 38.3 Å². The third-order valence-electron chi connectivity index (χ3n) is 3.85. The molecule has 0 bridgehead atoms. The zero-order valence-electron chi connectivity index (χ0n) is 13.5. The number of hydrogen-bond acceptors (Lipinski definition) is 5. The Labute approximate surface area is 140 Å². The van der Waals surface area contributed by atoms with E-state index in [1.165, 1.54) is 0 Å². The Morgan fingerprint density at radius 1 is 1.39 bits per heavy atom. The van der Waals surface area contributed by atoms with Gasteiger partial charge in [0.15, 0.2) is 0 Å². The number of rotatable bonds is 5. The molecule has 0 aliphatic carbocycles. The highest BCUT2D eigenvalue weighted by atomic mass is 35.5. The molecule has 0 saturated carbocycles. The van der Waals surface area contributed by atoms with Gasteiger partial charge in [-0.2, -0.15) is 0 Å². The number of piperazine rings is 1. The lowest BCUT2D eigenvalue weighted by Gasteiger charge is -2.38. The Hall–Kier alpha value is -1.79. The van der Waals surface area contributed by atoms with Gasteiger partial charge in [-0.1, -0.05) is 11.6 Å². The number of hydrogen-bond donors (Lipinski definition) is 0. The standard InChI is InChI=1S/C16H21ClN2O4/c1-4-23-15(20)10-18-7-8-19(16(21)11(18)2)13-9-12(17)5-6-14(13)22-3/h5-6,9,11H,4,7-8,10H2,1-3H3/t11-/m0/s1.